The second-order valence-corrected chi connectivity index (χ2v) is 7.42. The van der Waals surface area contributed by atoms with E-state index in [1.807, 2.05) is 32.0 Å². The van der Waals surface area contributed by atoms with Crippen LogP contribution >= 0.6 is 11.6 Å². The summed E-state index contributed by atoms with van der Waals surface area (Å²) >= 11 is 5.99. The summed E-state index contributed by atoms with van der Waals surface area (Å²) in [4.78, 5) is 0. The van der Waals surface area contributed by atoms with E-state index in [-0.39, 0.29) is 12.6 Å². The van der Waals surface area contributed by atoms with Gasteiger partial charge in [-0.2, -0.15) is 0 Å². The van der Waals surface area contributed by atoms with Crippen LogP contribution in [0.2, 0.25) is 5.02 Å². The van der Waals surface area contributed by atoms with Crippen molar-refractivity contribution < 1.29 is 8.42 Å². The van der Waals surface area contributed by atoms with Crippen LogP contribution in [0.3, 0.4) is 0 Å². The molecule has 19 heavy (non-hydrogen) atoms. The van der Waals surface area contributed by atoms with Crippen LogP contribution in [0.15, 0.2) is 24.3 Å². The van der Waals surface area contributed by atoms with Gasteiger partial charge in [-0.25, -0.2) is 13.1 Å². The van der Waals surface area contributed by atoms with Crippen LogP contribution in [0.25, 0.3) is 0 Å². The van der Waals surface area contributed by atoms with Gasteiger partial charge in [-0.3, -0.25) is 0 Å². The van der Waals surface area contributed by atoms with Crippen LogP contribution in [0.5, 0.6) is 0 Å². The molecule has 6 heteroatoms. The van der Waals surface area contributed by atoms with Crippen molar-refractivity contribution in [2.45, 2.75) is 38.6 Å². The van der Waals surface area contributed by atoms with E-state index < -0.39 is 15.3 Å². The van der Waals surface area contributed by atoms with Crippen molar-refractivity contribution in [1.29, 1.82) is 0 Å². The molecular weight excluding hydrogens is 284 g/mol. The standard InChI is InChI=1S/C13H21ClN2O2S/c1-10(2)15-8-11(3)19(17,18)16-9-12-6-4-5-7-13(12)14/h4-7,10-11,15-16H,8-9H2,1-3H3. The number of hydrogen-bond acceptors (Lipinski definition) is 3. The molecule has 0 aliphatic heterocycles. The molecule has 1 aromatic rings. The largest absolute Gasteiger partial charge is 0.313 e. The summed E-state index contributed by atoms with van der Waals surface area (Å²) in [5.41, 5.74) is 0.775. The second-order valence-electron chi connectivity index (χ2n) is 4.83. The highest BCUT2D eigenvalue weighted by Crippen LogP contribution is 2.15. The lowest BCUT2D eigenvalue weighted by Crippen LogP contribution is -2.40. The monoisotopic (exact) mass is 304 g/mol. The third-order valence-corrected chi connectivity index (χ3v) is 4.91. The van der Waals surface area contributed by atoms with Gasteiger partial charge >= 0.3 is 0 Å². The first-order valence-corrected chi connectivity index (χ1v) is 8.20. The van der Waals surface area contributed by atoms with Gasteiger partial charge in [0, 0.05) is 24.2 Å². The maximum atomic E-state index is 12.0. The maximum absolute atomic E-state index is 12.0. The van der Waals surface area contributed by atoms with Crippen molar-refractivity contribution in [1.82, 2.24) is 10.0 Å². The number of sulfonamides is 1. The van der Waals surface area contributed by atoms with E-state index in [4.69, 9.17) is 11.6 Å². The highest BCUT2D eigenvalue weighted by Gasteiger charge is 2.20. The van der Waals surface area contributed by atoms with Gasteiger partial charge in [0.25, 0.3) is 0 Å². The summed E-state index contributed by atoms with van der Waals surface area (Å²) in [6, 6.07) is 7.47. The van der Waals surface area contributed by atoms with Crippen LogP contribution in [0.1, 0.15) is 26.3 Å². The summed E-state index contributed by atoms with van der Waals surface area (Å²) in [6.07, 6.45) is 0. The zero-order valence-electron chi connectivity index (χ0n) is 11.5. The predicted molar refractivity (Wildman–Crippen MR) is 79.8 cm³/mol. The zero-order valence-corrected chi connectivity index (χ0v) is 13.1. The molecule has 0 spiro atoms. The fourth-order valence-electron chi connectivity index (χ4n) is 1.47. The molecule has 0 bridgehead atoms. The fraction of sp³-hybridized carbons (Fsp3) is 0.538. The number of halogens is 1. The van der Waals surface area contributed by atoms with E-state index in [0.717, 1.165) is 5.56 Å². The van der Waals surface area contributed by atoms with Crippen molar-refractivity contribution in [3.63, 3.8) is 0 Å². The first kappa shape index (κ1) is 16.4. The van der Waals surface area contributed by atoms with Crippen LogP contribution in [-0.2, 0) is 16.6 Å². The number of nitrogens with one attached hydrogen (secondary N) is 2. The lowest BCUT2D eigenvalue weighted by molar-refractivity contribution is 0.540. The van der Waals surface area contributed by atoms with E-state index in [1.165, 1.54) is 0 Å². The molecule has 0 radical (unpaired) electrons. The minimum atomic E-state index is -3.34. The van der Waals surface area contributed by atoms with Crippen molar-refractivity contribution in [3.8, 4) is 0 Å². The van der Waals surface area contributed by atoms with Crippen LogP contribution in [0.4, 0.5) is 0 Å². The molecule has 1 atom stereocenters. The SMILES string of the molecule is CC(C)NCC(C)S(=O)(=O)NCc1ccccc1Cl. The third-order valence-electron chi connectivity index (χ3n) is 2.76. The van der Waals surface area contributed by atoms with Gasteiger partial charge in [0.2, 0.25) is 10.0 Å². The molecule has 108 valence electrons. The highest BCUT2D eigenvalue weighted by molar-refractivity contribution is 7.90. The Morgan fingerprint density at radius 1 is 1.21 bits per heavy atom. The van der Waals surface area contributed by atoms with Crippen LogP contribution < -0.4 is 10.0 Å². The van der Waals surface area contributed by atoms with Crippen molar-refractivity contribution in [3.05, 3.63) is 34.9 Å². The van der Waals surface area contributed by atoms with Gasteiger partial charge in [-0.15, -0.1) is 0 Å². The van der Waals surface area contributed by atoms with E-state index in [1.54, 1.807) is 13.0 Å². The maximum Gasteiger partial charge on any atom is 0.215 e. The molecule has 0 aliphatic rings. The van der Waals surface area contributed by atoms with Gasteiger partial charge < -0.3 is 5.32 Å². The third kappa shape index (κ3) is 5.48. The average Bonchev–Trinajstić information content (AvgIpc) is 2.34. The summed E-state index contributed by atoms with van der Waals surface area (Å²) in [5.74, 6) is 0. The summed E-state index contributed by atoms with van der Waals surface area (Å²) in [5, 5.41) is 3.19. The Bertz CT molecular complexity index is 503. The molecule has 2 N–H and O–H groups in total. The Labute approximate surface area is 120 Å². The van der Waals surface area contributed by atoms with Gasteiger partial charge in [0.15, 0.2) is 0 Å². The quantitative estimate of drug-likeness (QED) is 0.811. The number of hydrogen-bond donors (Lipinski definition) is 2. The number of benzene rings is 1. The first-order valence-electron chi connectivity index (χ1n) is 6.28. The molecule has 1 rings (SSSR count). The smallest absolute Gasteiger partial charge is 0.215 e. The molecular formula is C13H21ClN2O2S. The van der Waals surface area contributed by atoms with E-state index >= 15 is 0 Å². The Hall–Kier alpha value is -0.620. The molecule has 1 unspecified atom stereocenters. The molecule has 0 heterocycles. The minimum absolute atomic E-state index is 0.216. The van der Waals surface area contributed by atoms with Crippen LogP contribution in [0, 0.1) is 0 Å². The predicted octanol–water partition coefficient (Wildman–Crippen LogP) is 2.15. The second kappa shape index (κ2) is 7.24. The van der Waals surface area contributed by atoms with Gasteiger partial charge in [-0.05, 0) is 18.6 Å². The van der Waals surface area contributed by atoms with Crippen molar-refractivity contribution in [2.24, 2.45) is 0 Å². The van der Waals surface area contributed by atoms with Crippen molar-refractivity contribution in [2.75, 3.05) is 6.54 Å². The molecule has 0 saturated carbocycles. The minimum Gasteiger partial charge on any atom is -0.313 e. The average molecular weight is 305 g/mol. The molecule has 0 fully saturated rings. The van der Waals surface area contributed by atoms with Crippen LogP contribution in [-0.4, -0.2) is 26.3 Å². The summed E-state index contributed by atoms with van der Waals surface area (Å²) < 4.78 is 26.7. The Morgan fingerprint density at radius 2 is 1.84 bits per heavy atom. The summed E-state index contributed by atoms with van der Waals surface area (Å²) in [6.45, 7) is 6.29. The molecule has 0 aromatic heterocycles. The van der Waals surface area contributed by atoms with Gasteiger partial charge in [0.1, 0.15) is 0 Å². The highest BCUT2D eigenvalue weighted by atomic mass is 35.5. The Morgan fingerprint density at radius 3 is 2.42 bits per heavy atom. The summed E-state index contributed by atoms with van der Waals surface area (Å²) in [7, 11) is -3.34. The molecule has 0 amide bonds. The normalized spacial score (nSPS) is 13.7. The Kier molecular flexibility index (Phi) is 6.26. The molecule has 0 aliphatic carbocycles. The topological polar surface area (TPSA) is 58.2 Å². The molecule has 4 nitrogen and oxygen atoms in total. The lowest BCUT2D eigenvalue weighted by atomic mass is 10.2. The van der Waals surface area contributed by atoms with Crippen molar-refractivity contribution >= 4 is 21.6 Å². The van der Waals surface area contributed by atoms with E-state index in [2.05, 4.69) is 10.0 Å². The zero-order chi connectivity index (χ0) is 14.5. The van der Waals surface area contributed by atoms with Gasteiger partial charge in [0.05, 0.1) is 5.25 Å². The first-order chi connectivity index (χ1) is 8.83. The van der Waals surface area contributed by atoms with E-state index in [0.29, 0.717) is 11.6 Å². The van der Waals surface area contributed by atoms with Gasteiger partial charge in [-0.1, -0.05) is 43.6 Å². The molecule has 1 aromatic carbocycles. The number of rotatable bonds is 7. The lowest BCUT2D eigenvalue weighted by Gasteiger charge is -2.16. The fourth-order valence-corrected chi connectivity index (χ4v) is 2.63. The molecule has 0 saturated heterocycles. The van der Waals surface area contributed by atoms with E-state index in [9.17, 15) is 8.42 Å². The Balaban J connectivity index is 2.58.